The summed E-state index contributed by atoms with van der Waals surface area (Å²) in [6, 6.07) is 2.78. The fraction of sp³-hybridized carbons (Fsp3) is 0.417. The van der Waals surface area contributed by atoms with E-state index in [-0.39, 0.29) is 11.7 Å². The maximum Gasteiger partial charge on any atom is 0.327 e. The summed E-state index contributed by atoms with van der Waals surface area (Å²) in [5.41, 5.74) is 0.891. The Labute approximate surface area is 115 Å². The van der Waals surface area contributed by atoms with Gasteiger partial charge in [-0.05, 0) is 6.07 Å². The van der Waals surface area contributed by atoms with Crippen molar-refractivity contribution < 1.29 is 19.4 Å². The number of thioether (sulfide) groups is 1. The van der Waals surface area contributed by atoms with E-state index in [1.165, 1.54) is 25.8 Å². The van der Waals surface area contributed by atoms with Crippen LogP contribution in [-0.4, -0.2) is 40.9 Å². The second kappa shape index (κ2) is 7.63. The van der Waals surface area contributed by atoms with Crippen LogP contribution in [0.25, 0.3) is 0 Å². The first-order chi connectivity index (χ1) is 9.04. The number of hydrogen-bond donors (Lipinski definition) is 2. The molecule has 1 heterocycles. The molecule has 2 N–H and O–H groups in total. The molecule has 6 nitrogen and oxygen atoms in total. The van der Waals surface area contributed by atoms with Gasteiger partial charge in [0.2, 0.25) is 11.8 Å². The van der Waals surface area contributed by atoms with Gasteiger partial charge in [-0.1, -0.05) is 6.07 Å². The van der Waals surface area contributed by atoms with Gasteiger partial charge in [0.15, 0.2) is 0 Å². The highest BCUT2D eigenvalue weighted by Crippen LogP contribution is 2.20. The molecule has 0 spiro atoms. The van der Waals surface area contributed by atoms with Crippen molar-refractivity contribution in [2.24, 2.45) is 0 Å². The molecule has 104 valence electrons. The molecule has 1 atom stereocenters. The molecule has 0 saturated heterocycles. The standard InChI is InChI=1S/C12H16N2O4S/c1-8(15)14-10(12(16)17)7-19-6-9-4-3-5-13-11(9)18-2/h3-5,10H,6-7H2,1-2H3,(H,14,15)(H,16,17)/t10-/m0/s1. The van der Waals surface area contributed by atoms with Crippen molar-refractivity contribution in [3.8, 4) is 5.88 Å². The SMILES string of the molecule is COc1ncccc1CSC[C@H](NC(C)=O)C(=O)O. The van der Waals surface area contributed by atoms with E-state index < -0.39 is 12.0 Å². The van der Waals surface area contributed by atoms with E-state index in [0.717, 1.165) is 5.56 Å². The van der Waals surface area contributed by atoms with Crippen LogP contribution in [0.4, 0.5) is 0 Å². The minimum atomic E-state index is -1.04. The molecule has 0 saturated carbocycles. The zero-order valence-corrected chi connectivity index (χ0v) is 11.6. The third-order valence-corrected chi connectivity index (χ3v) is 3.35. The molecule has 0 unspecified atom stereocenters. The maximum absolute atomic E-state index is 10.9. The molecule has 1 amide bonds. The number of methoxy groups -OCH3 is 1. The third-order valence-electron chi connectivity index (χ3n) is 2.26. The van der Waals surface area contributed by atoms with Gasteiger partial charge in [-0.15, -0.1) is 0 Å². The number of carbonyl (C=O) groups excluding carboxylic acids is 1. The number of amides is 1. The molecule has 0 aliphatic carbocycles. The molecule has 0 radical (unpaired) electrons. The zero-order chi connectivity index (χ0) is 14.3. The van der Waals surface area contributed by atoms with Crippen LogP contribution in [0.1, 0.15) is 12.5 Å². The molecule has 0 fully saturated rings. The molecule has 0 aromatic carbocycles. The van der Waals surface area contributed by atoms with E-state index in [1.54, 1.807) is 12.3 Å². The molecule has 0 aliphatic heterocycles. The van der Waals surface area contributed by atoms with Crippen molar-refractivity contribution >= 4 is 23.6 Å². The molecule has 0 bridgehead atoms. The number of ether oxygens (including phenoxy) is 1. The predicted molar refractivity (Wildman–Crippen MR) is 72.2 cm³/mol. The summed E-state index contributed by atoms with van der Waals surface area (Å²) in [4.78, 5) is 25.9. The van der Waals surface area contributed by atoms with Gasteiger partial charge in [0.05, 0.1) is 7.11 Å². The van der Waals surface area contributed by atoms with E-state index in [9.17, 15) is 9.59 Å². The smallest absolute Gasteiger partial charge is 0.327 e. The van der Waals surface area contributed by atoms with Crippen LogP contribution in [0.5, 0.6) is 5.88 Å². The van der Waals surface area contributed by atoms with E-state index >= 15 is 0 Å². The van der Waals surface area contributed by atoms with Gasteiger partial charge in [0, 0.05) is 30.2 Å². The number of aliphatic carboxylic acids is 1. The largest absolute Gasteiger partial charge is 0.481 e. The Morgan fingerprint density at radius 3 is 2.89 bits per heavy atom. The lowest BCUT2D eigenvalue weighted by molar-refractivity contribution is -0.140. The van der Waals surface area contributed by atoms with Crippen LogP contribution in [0.3, 0.4) is 0 Å². The van der Waals surface area contributed by atoms with Gasteiger partial charge in [-0.3, -0.25) is 4.79 Å². The number of carboxylic acid groups (broad SMARTS) is 1. The minimum absolute atomic E-state index is 0.285. The highest BCUT2D eigenvalue weighted by molar-refractivity contribution is 7.98. The second-order valence-electron chi connectivity index (χ2n) is 3.78. The molecular formula is C12H16N2O4S. The van der Waals surface area contributed by atoms with Crippen LogP contribution < -0.4 is 10.1 Å². The summed E-state index contributed by atoms with van der Waals surface area (Å²) in [5, 5.41) is 11.3. The summed E-state index contributed by atoms with van der Waals surface area (Å²) in [5.74, 6) is -0.0120. The van der Waals surface area contributed by atoms with Crippen molar-refractivity contribution in [1.82, 2.24) is 10.3 Å². The highest BCUT2D eigenvalue weighted by Gasteiger charge is 2.18. The molecule has 1 aromatic heterocycles. The maximum atomic E-state index is 10.9. The number of aromatic nitrogens is 1. The van der Waals surface area contributed by atoms with Gasteiger partial charge in [-0.25, -0.2) is 9.78 Å². The molecule has 7 heteroatoms. The van der Waals surface area contributed by atoms with Crippen LogP contribution in [0.2, 0.25) is 0 Å². The van der Waals surface area contributed by atoms with Crippen LogP contribution in [-0.2, 0) is 15.3 Å². The van der Waals surface area contributed by atoms with E-state index in [0.29, 0.717) is 11.6 Å². The van der Waals surface area contributed by atoms with E-state index in [4.69, 9.17) is 9.84 Å². The molecule has 0 aliphatic rings. The number of rotatable bonds is 7. The summed E-state index contributed by atoms with van der Waals surface area (Å²) in [6.45, 7) is 1.30. The lowest BCUT2D eigenvalue weighted by Gasteiger charge is -2.13. The Hall–Kier alpha value is -1.76. The molecular weight excluding hydrogens is 268 g/mol. The Morgan fingerprint density at radius 1 is 1.58 bits per heavy atom. The number of carbonyl (C=O) groups is 2. The molecule has 1 aromatic rings. The second-order valence-corrected chi connectivity index (χ2v) is 4.81. The van der Waals surface area contributed by atoms with Crippen molar-refractivity contribution in [3.63, 3.8) is 0 Å². The number of nitrogens with one attached hydrogen (secondary N) is 1. The third kappa shape index (κ3) is 5.17. The summed E-state index contributed by atoms with van der Waals surface area (Å²) in [6.07, 6.45) is 1.63. The Balaban J connectivity index is 2.52. The number of hydrogen-bond acceptors (Lipinski definition) is 5. The normalized spacial score (nSPS) is 11.7. The Morgan fingerprint density at radius 2 is 2.32 bits per heavy atom. The lowest BCUT2D eigenvalue weighted by atomic mass is 10.3. The average molecular weight is 284 g/mol. The predicted octanol–water partition coefficient (Wildman–Crippen LogP) is 0.913. The number of pyridine rings is 1. The van der Waals surface area contributed by atoms with Gasteiger partial charge < -0.3 is 15.2 Å². The monoisotopic (exact) mass is 284 g/mol. The van der Waals surface area contributed by atoms with Crippen LogP contribution >= 0.6 is 11.8 Å². The molecule has 1 rings (SSSR count). The summed E-state index contributed by atoms with van der Waals surface area (Å²) < 4.78 is 5.10. The first-order valence-electron chi connectivity index (χ1n) is 5.60. The highest BCUT2D eigenvalue weighted by atomic mass is 32.2. The first-order valence-corrected chi connectivity index (χ1v) is 6.75. The zero-order valence-electron chi connectivity index (χ0n) is 10.8. The number of nitrogens with zero attached hydrogens (tertiary/aromatic N) is 1. The number of carboxylic acids is 1. The van der Waals surface area contributed by atoms with Crippen molar-refractivity contribution in [2.75, 3.05) is 12.9 Å². The lowest BCUT2D eigenvalue weighted by Crippen LogP contribution is -2.41. The first kappa shape index (κ1) is 15.3. The van der Waals surface area contributed by atoms with Crippen LogP contribution in [0, 0.1) is 0 Å². The fourth-order valence-electron chi connectivity index (χ4n) is 1.42. The van der Waals surface area contributed by atoms with Crippen molar-refractivity contribution in [1.29, 1.82) is 0 Å². The van der Waals surface area contributed by atoms with Gasteiger partial charge in [0.25, 0.3) is 0 Å². The van der Waals surface area contributed by atoms with Gasteiger partial charge >= 0.3 is 5.97 Å². The summed E-state index contributed by atoms with van der Waals surface area (Å²) >= 11 is 1.40. The van der Waals surface area contributed by atoms with Gasteiger partial charge in [-0.2, -0.15) is 11.8 Å². The average Bonchev–Trinajstić information content (AvgIpc) is 2.37. The van der Waals surface area contributed by atoms with Crippen molar-refractivity contribution in [2.45, 2.75) is 18.7 Å². The fourth-order valence-corrected chi connectivity index (χ4v) is 2.44. The van der Waals surface area contributed by atoms with E-state index in [1.807, 2.05) is 6.07 Å². The van der Waals surface area contributed by atoms with Gasteiger partial charge in [0.1, 0.15) is 6.04 Å². The summed E-state index contributed by atoms with van der Waals surface area (Å²) in [7, 11) is 1.54. The Kier molecular flexibility index (Phi) is 6.14. The van der Waals surface area contributed by atoms with E-state index in [2.05, 4.69) is 10.3 Å². The van der Waals surface area contributed by atoms with Crippen molar-refractivity contribution in [3.05, 3.63) is 23.9 Å². The topological polar surface area (TPSA) is 88.5 Å². The quantitative estimate of drug-likeness (QED) is 0.774. The Bertz CT molecular complexity index is 453. The molecule has 19 heavy (non-hydrogen) atoms. The minimum Gasteiger partial charge on any atom is -0.481 e. The van der Waals surface area contributed by atoms with Crippen LogP contribution in [0.15, 0.2) is 18.3 Å².